The Kier molecular flexibility index (Phi) is 8.49. The van der Waals surface area contributed by atoms with Crippen LogP contribution in [0.2, 0.25) is 0 Å². The van der Waals surface area contributed by atoms with E-state index in [4.69, 9.17) is 4.74 Å². The molecule has 4 nitrogen and oxygen atoms in total. The molecule has 0 radical (unpaired) electrons. The second-order valence-electron chi connectivity index (χ2n) is 7.24. The van der Waals surface area contributed by atoms with E-state index in [-0.39, 0.29) is 41.7 Å². The van der Waals surface area contributed by atoms with Gasteiger partial charge < -0.3 is 14.9 Å². The molecule has 0 aliphatic rings. The van der Waals surface area contributed by atoms with Gasteiger partial charge in [-0.25, -0.2) is 0 Å². The predicted molar refractivity (Wildman–Crippen MR) is 84.7 cm³/mol. The van der Waals surface area contributed by atoms with E-state index in [0.29, 0.717) is 0 Å². The predicted octanol–water partition coefficient (Wildman–Crippen LogP) is 2.86. The van der Waals surface area contributed by atoms with Gasteiger partial charge >= 0.3 is 5.97 Å². The average molecular weight is 302 g/mol. The van der Waals surface area contributed by atoms with Gasteiger partial charge in [0.2, 0.25) is 0 Å². The molecular formula is C17H34O4. The summed E-state index contributed by atoms with van der Waals surface area (Å²) in [5, 5.41) is 20.7. The van der Waals surface area contributed by atoms with E-state index in [1.165, 1.54) is 0 Å². The first-order chi connectivity index (χ1) is 9.50. The molecule has 0 saturated carbocycles. The summed E-state index contributed by atoms with van der Waals surface area (Å²) in [7, 11) is 0. The number of esters is 1. The van der Waals surface area contributed by atoms with Crippen molar-refractivity contribution < 1.29 is 19.7 Å². The zero-order valence-electron chi connectivity index (χ0n) is 14.8. The molecule has 0 aliphatic carbocycles. The first kappa shape index (κ1) is 20.4. The van der Waals surface area contributed by atoms with Crippen LogP contribution in [0, 0.1) is 29.6 Å². The van der Waals surface area contributed by atoms with Crippen LogP contribution in [0.4, 0.5) is 0 Å². The summed E-state index contributed by atoms with van der Waals surface area (Å²) in [5.74, 6) is -0.729. The number of aliphatic hydroxyl groups excluding tert-OH is 2. The molecule has 0 aliphatic heterocycles. The Bertz CT molecular complexity index is 312. The summed E-state index contributed by atoms with van der Waals surface area (Å²) in [6, 6.07) is 0. The van der Waals surface area contributed by atoms with Crippen molar-refractivity contribution in [3.63, 3.8) is 0 Å². The van der Waals surface area contributed by atoms with Gasteiger partial charge in [0.25, 0.3) is 0 Å². The number of hydrogen-bond donors (Lipinski definition) is 2. The number of ether oxygens (including phenoxy) is 1. The van der Waals surface area contributed by atoms with E-state index in [1.54, 1.807) is 13.8 Å². The van der Waals surface area contributed by atoms with E-state index in [1.807, 2.05) is 41.5 Å². The highest BCUT2D eigenvalue weighted by molar-refractivity contribution is 5.71. The SMILES string of the molecule is CC(C)C(=O)O[C@H](C(C)C)[C@@H](C)[C@H](O)[C@H](C)[C@H](O)C(C)C. The average Bonchev–Trinajstić information content (AvgIpc) is 2.40. The van der Waals surface area contributed by atoms with Gasteiger partial charge in [-0.1, -0.05) is 55.4 Å². The van der Waals surface area contributed by atoms with Crippen LogP contribution in [0.25, 0.3) is 0 Å². The lowest BCUT2D eigenvalue weighted by atomic mass is 9.80. The summed E-state index contributed by atoms with van der Waals surface area (Å²) >= 11 is 0. The lowest BCUT2D eigenvalue weighted by Gasteiger charge is -2.36. The highest BCUT2D eigenvalue weighted by Gasteiger charge is 2.36. The lowest BCUT2D eigenvalue weighted by Crippen LogP contribution is -2.44. The number of rotatable bonds is 8. The summed E-state index contributed by atoms with van der Waals surface area (Å²) in [5.41, 5.74) is 0. The number of carbonyl (C=O) groups excluding carboxylic acids is 1. The van der Waals surface area contributed by atoms with Gasteiger partial charge in [0.15, 0.2) is 0 Å². The maximum Gasteiger partial charge on any atom is 0.308 e. The van der Waals surface area contributed by atoms with Crippen LogP contribution in [0.5, 0.6) is 0 Å². The van der Waals surface area contributed by atoms with Crippen LogP contribution in [0.3, 0.4) is 0 Å². The minimum absolute atomic E-state index is 0.0811. The van der Waals surface area contributed by atoms with E-state index < -0.39 is 12.2 Å². The van der Waals surface area contributed by atoms with Crippen molar-refractivity contribution in [1.82, 2.24) is 0 Å². The van der Waals surface area contributed by atoms with Gasteiger partial charge in [0, 0.05) is 11.8 Å². The van der Waals surface area contributed by atoms with Crippen molar-refractivity contribution in [2.24, 2.45) is 29.6 Å². The standard InChI is InChI=1S/C17H34O4/c1-9(2)14(18)12(7)15(19)13(8)16(10(3)4)21-17(20)11(5)6/h9-16,18-19H,1-8H3/t12-,13+,14-,15-,16-/m1/s1. The maximum atomic E-state index is 11.8. The Morgan fingerprint density at radius 1 is 0.762 bits per heavy atom. The second-order valence-corrected chi connectivity index (χ2v) is 7.24. The van der Waals surface area contributed by atoms with E-state index in [9.17, 15) is 15.0 Å². The van der Waals surface area contributed by atoms with Crippen molar-refractivity contribution in [2.75, 3.05) is 0 Å². The fourth-order valence-corrected chi connectivity index (χ4v) is 2.60. The zero-order valence-corrected chi connectivity index (χ0v) is 14.8. The second kappa shape index (κ2) is 8.74. The number of aliphatic hydroxyl groups is 2. The fraction of sp³-hybridized carbons (Fsp3) is 0.941. The van der Waals surface area contributed by atoms with Crippen molar-refractivity contribution in [3.05, 3.63) is 0 Å². The molecule has 5 atom stereocenters. The van der Waals surface area contributed by atoms with Crippen LogP contribution >= 0.6 is 0 Å². The van der Waals surface area contributed by atoms with Crippen molar-refractivity contribution in [2.45, 2.75) is 73.7 Å². The fourth-order valence-electron chi connectivity index (χ4n) is 2.60. The number of carbonyl (C=O) groups is 1. The van der Waals surface area contributed by atoms with Gasteiger partial charge in [-0.3, -0.25) is 4.79 Å². The molecule has 0 bridgehead atoms. The molecule has 0 saturated heterocycles. The Labute approximate surface area is 129 Å². The Balaban J connectivity index is 4.95. The van der Waals surface area contributed by atoms with Crippen LogP contribution in [-0.2, 0) is 9.53 Å². The largest absolute Gasteiger partial charge is 0.462 e. The molecule has 4 heteroatoms. The van der Waals surface area contributed by atoms with E-state index in [0.717, 1.165) is 0 Å². The quantitative estimate of drug-likeness (QED) is 0.677. The topological polar surface area (TPSA) is 66.8 Å². The molecule has 0 spiro atoms. The third kappa shape index (κ3) is 5.95. The Hall–Kier alpha value is -0.610. The zero-order chi connectivity index (χ0) is 16.9. The first-order valence-corrected chi connectivity index (χ1v) is 8.07. The molecular weight excluding hydrogens is 268 g/mol. The Morgan fingerprint density at radius 2 is 1.24 bits per heavy atom. The van der Waals surface area contributed by atoms with Gasteiger partial charge in [0.05, 0.1) is 18.1 Å². The summed E-state index contributed by atoms with van der Waals surface area (Å²) in [4.78, 5) is 11.8. The third-order valence-electron chi connectivity index (χ3n) is 4.20. The highest BCUT2D eigenvalue weighted by Crippen LogP contribution is 2.28. The highest BCUT2D eigenvalue weighted by atomic mass is 16.5. The third-order valence-corrected chi connectivity index (χ3v) is 4.20. The summed E-state index contributed by atoms with van der Waals surface area (Å²) in [6.07, 6.45) is -1.64. The first-order valence-electron chi connectivity index (χ1n) is 8.07. The molecule has 0 aromatic heterocycles. The summed E-state index contributed by atoms with van der Waals surface area (Å²) in [6.45, 7) is 15.1. The van der Waals surface area contributed by atoms with E-state index in [2.05, 4.69) is 0 Å². The van der Waals surface area contributed by atoms with Gasteiger partial charge in [-0.2, -0.15) is 0 Å². The molecule has 126 valence electrons. The van der Waals surface area contributed by atoms with Gasteiger partial charge in [-0.15, -0.1) is 0 Å². The molecule has 0 rings (SSSR count). The maximum absolute atomic E-state index is 11.8. The smallest absolute Gasteiger partial charge is 0.308 e. The molecule has 0 aromatic carbocycles. The normalized spacial score (nSPS) is 19.5. The molecule has 2 N–H and O–H groups in total. The van der Waals surface area contributed by atoms with Crippen molar-refractivity contribution in [1.29, 1.82) is 0 Å². The monoisotopic (exact) mass is 302 g/mol. The van der Waals surface area contributed by atoms with Crippen LogP contribution < -0.4 is 0 Å². The van der Waals surface area contributed by atoms with Crippen LogP contribution in [-0.4, -0.2) is 34.5 Å². The summed E-state index contributed by atoms with van der Waals surface area (Å²) < 4.78 is 5.57. The van der Waals surface area contributed by atoms with Crippen molar-refractivity contribution in [3.8, 4) is 0 Å². The molecule has 0 fully saturated rings. The molecule has 0 amide bonds. The molecule has 0 unspecified atom stereocenters. The van der Waals surface area contributed by atoms with Crippen LogP contribution in [0.1, 0.15) is 55.4 Å². The Morgan fingerprint density at radius 3 is 1.57 bits per heavy atom. The van der Waals surface area contributed by atoms with Gasteiger partial charge in [-0.05, 0) is 11.8 Å². The molecule has 21 heavy (non-hydrogen) atoms. The molecule has 0 heterocycles. The lowest BCUT2D eigenvalue weighted by molar-refractivity contribution is -0.163. The van der Waals surface area contributed by atoms with E-state index >= 15 is 0 Å². The molecule has 0 aromatic rings. The number of hydrogen-bond acceptors (Lipinski definition) is 4. The van der Waals surface area contributed by atoms with Gasteiger partial charge in [0.1, 0.15) is 6.10 Å². The minimum atomic E-state index is -0.713. The van der Waals surface area contributed by atoms with Crippen LogP contribution in [0.15, 0.2) is 0 Å². The van der Waals surface area contributed by atoms with Crippen molar-refractivity contribution >= 4 is 5.97 Å². The minimum Gasteiger partial charge on any atom is -0.462 e.